The van der Waals surface area contributed by atoms with E-state index in [0.29, 0.717) is 23.8 Å². The van der Waals surface area contributed by atoms with Crippen LogP contribution in [0.25, 0.3) is 0 Å². The van der Waals surface area contributed by atoms with E-state index in [1.807, 2.05) is 18.2 Å². The van der Waals surface area contributed by atoms with Crippen LogP contribution in [0.3, 0.4) is 0 Å². The molecule has 0 radical (unpaired) electrons. The molecule has 138 valence electrons. The van der Waals surface area contributed by atoms with Crippen LogP contribution in [0.1, 0.15) is 5.56 Å². The van der Waals surface area contributed by atoms with Crippen molar-refractivity contribution in [2.45, 2.75) is 6.42 Å². The van der Waals surface area contributed by atoms with Gasteiger partial charge in [-0.25, -0.2) is 9.37 Å². The number of para-hydroxylation sites is 1. The van der Waals surface area contributed by atoms with E-state index < -0.39 is 0 Å². The minimum atomic E-state index is -0.252. The van der Waals surface area contributed by atoms with Gasteiger partial charge < -0.3 is 15.4 Å². The summed E-state index contributed by atoms with van der Waals surface area (Å²) in [6.45, 7) is 0.608. The fourth-order valence-corrected chi connectivity index (χ4v) is 2.42. The van der Waals surface area contributed by atoms with E-state index in [4.69, 9.17) is 4.74 Å². The van der Waals surface area contributed by atoms with Gasteiger partial charge in [-0.1, -0.05) is 30.3 Å². The van der Waals surface area contributed by atoms with E-state index in [1.165, 1.54) is 12.1 Å². The second kappa shape index (κ2) is 9.33. The molecule has 0 aliphatic heterocycles. The Morgan fingerprint density at radius 2 is 1.78 bits per heavy atom. The Morgan fingerprint density at radius 3 is 2.48 bits per heavy atom. The molecule has 1 heterocycles. The number of ether oxygens (including phenoxy) is 1. The average molecular weight is 365 g/mol. The lowest BCUT2D eigenvalue weighted by atomic mass is 10.1. The molecule has 27 heavy (non-hydrogen) atoms. The number of halogens is 1. The Morgan fingerprint density at radius 1 is 1.00 bits per heavy atom. The van der Waals surface area contributed by atoms with Crippen LogP contribution in [-0.4, -0.2) is 24.0 Å². The second-order valence-electron chi connectivity index (χ2n) is 5.89. The fraction of sp³-hybridized carbons (Fsp3) is 0.143. The van der Waals surface area contributed by atoms with Gasteiger partial charge in [0.2, 0.25) is 0 Å². The Hall–Kier alpha value is -3.41. The summed E-state index contributed by atoms with van der Waals surface area (Å²) in [5.74, 6) is 0.861. The predicted molar refractivity (Wildman–Crippen MR) is 103 cm³/mol. The van der Waals surface area contributed by atoms with Gasteiger partial charge in [0.1, 0.15) is 17.4 Å². The van der Waals surface area contributed by atoms with Crippen molar-refractivity contribution >= 4 is 17.4 Å². The first-order chi connectivity index (χ1) is 13.2. The molecule has 0 saturated carbocycles. The number of carbonyl (C=O) groups excluding carboxylic acids is 1. The largest absolute Gasteiger partial charge is 0.484 e. The van der Waals surface area contributed by atoms with E-state index in [9.17, 15) is 9.18 Å². The Balaban J connectivity index is 1.41. The molecule has 0 aliphatic carbocycles. The third-order valence-corrected chi connectivity index (χ3v) is 3.79. The van der Waals surface area contributed by atoms with Crippen LogP contribution in [0, 0.1) is 5.82 Å². The molecule has 0 saturated heterocycles. The van der Waals surface area contributed by atoms with Crippen molar-refractivity contribution in [1.82, 2.24) is 4.98 Å². The zero-order chi connectivity index (χ0) is 18.9. The topological polar surface area (TPSA) is 63.2 Å². The number of anilines is 2. The van der Waals surface area contributed by atoms with Gasteiger partial charge in [-0.15, -0.1) is 0 Å². The van der Waals surface area contributed by atoms with Crippen molar-refractivity contribution in [2.24, 2.45) is 0 Å². The number of pyridine rings is 1. The van der Waals surface area contributed by atoms with Crippen LogP contribution in [-0.2, 0) is 11.2 Å². The monoisotopic (exact) mass is 365 g/mol. The number of hydrogen-bond donors (Lipinski definition) is 2. The third kappa shape index (κ3) is 6.11. The van der Waals surface area contributed by atoms with Gasteiger partial charge in [0.25, 0.3) is 5.91 Å². The lowest BCUT2D eigenvalue weighted by molar-refractivity contribution is -0.118. The lowest BCUT2D eigenvalue weighted by Crippen LogP contribution is -2.20. The lowest BCUT2D eigenvalue weighted by Gasteiger charge is -2.09. The smallest absolute Gasteiger partial charge is 0.262 e. The van der Waals surface area contributed by atoms with Crippen LogP contribution in [0.2, 0.25) is 0 Å². The van der Waals surface area contributed by atoms with Crippen LogP contribution in [0.5, 0.6) is 5.75 Å². The summed E-state index contributed by atoms with van der Waals surface area (Å²) in [5, 5.41) is 5.93. The van der Waals surface area contributed by atoms with E-state index in [2.05, 4.69) is 15.6 Å². The molecule has 2 N–H and O–H groups in total. The predicted octanol–water partition coefficient (Wildman–Crippen LogP) is 3.89. The maximum atomic E-state index is 12.9. The van der Waals surface area contributed by atoms with E-state index >= 15 is 0 Å². The Bertz CT molecular complexity index is 853. The molecule has 3 rings (SSSR count). The number of rotatable bonds is 8. The zero-order valence-corrected chi connectivity index (χ0v) is 14.7. The maximum absolute atomic E-state index is 12.9. The summed E-state index contributed by atoms with van der Waals surface area (Å²) in [4.78, 5) is 16.2. The van der Waals surface area contributed by atoms with Gasteiger partial charge in [0, 0.05) is 6.54 Å². The van der Waals surface area contributed by atoms with Gasteiger partial charge in [0.15, 0.2) is 6.61 Å². The number of amides is 1. The Labute approximate surface area is 157 Å². The third-order valence-electron chi connectivity index (χ3n) is 3.79. The first kappa shape index (κ1) is 18.4. The van der Waals surface area contributed by atoms with Crippen molar-refractivity contribution in [3.63, 3.8) is 0 Å². The van der Waals surface area contributed by atoms with E-state index in [1.54, 1.807) is 42.6 Å². The highest BCUT2D eigenvalue weighted by Crippen LogP contribution is 2.11. The molecule has 5 nitrogen and oxygen atoms in total. The molecule has 3 aromatic rings. The first-order valence-corrected chi connectivity index (χ1v) is 8.61. The first-order valence-electron chi connectivity index (χ1n) is 8.61. The highest BCUT2D eigenvalue weighted by Gasteiger charge is 2.04. The molecule has 0 fully saturated rings. The minimum absolute atomic E-state index is 0.0678. The fourth-order valence-electron chi connectivity index (χ4n) is 2.42. The average Bonchev–Trinajstić information content (AvgIpc) is 2.70. The minimum Gasteiger partial charge on any atom is -0.484 e. The van der Waals surface area contributed by atoms with Gasteiger partial charge in [-0.2, -0.15) is 0 Å². The molecular formula is C21H20FN3O2. The second-order valence-corrected chi connectivity index (χ2v) is 5.89. The number of benzene rings is 2. The van der Waals surface area contributed by atoms with Crippen molar-refractivity contribution < 1.29 is 13.9 Å². The molecule has 1 amide bonds. The molecule has 0 atom stereocenters. The molecule has 1 aromatic heterocycles. The van der Waals surface area contributed by atoms with Crippen molar-refractivity contribution in [3.05, 3.63) is 84.3 Å². The summed E-state index contributed by atoms with van der Waals surface area (Å²) in [7, 11) is 0. The molecule has 0 spiro atoms. The standard InChI is InChI=1S/C21H20FN3O2/c22-17-8-6-16(7-9-17)12-13-23-20-11-10-18(14-24-20)25-21(26)15-27-19-4-2-1-3-5-19/h1-11,14H,12-13,15H2,(H,23,24)(H,25,26). The highest BCUT2D eigenvalue weighted by atomic mass is 19.1. The molecule has 2 aromatic carbocycles. The number of nitrogens with zero attached hydrogens (tertiary/aromatic N) is 1. The van der Waals surface area contributed by atoms with Gasteiger partial charge >= 0.3 is 0 Å². The highest BCUT2D eigenvalue weighted by molar-refractivity contribution is 5.91. The van der Waals surface area contributed by atoms with Crippen LogP contribution >= 0.6 is 0 Å². The van der Waals surface area contributed by atoms with Crippen molar-refractivity contribution in [2.75, 3.05) is 23.8 Å². The molecular weight excluding hydrogens is 345 g/mol. The summed E-state index contributed by atoms with van der Waals surface area (Å²) < 4.78 is 18.3. The van der Waals surface area contributed by atoms with Gasteiger partial charge in [0.05, 0.1) is 11.9 Å². The van der Waals surface area contributed by atoms with Crippen molar-refractivity contribution in [3.8, 4) is 5.75 Å². The van der Waals surface area contributed by atoms with E-state index in [-0.39, 0.29) is 18.3 Å². The van der Waals surface area contributed by atoms with Crippen LogP contribution < -0.4 is 15.4 Å². The zero-order valence-electron chi connectivity index (χ0n) is 14.7. The van der Waals surface area contributed by atoms with Gasteiger partial charge in [-0.05, 0) is 48.4 Å². The van der Waals surface area contributed by atoms with Gasteiger partial charge in [-0.3, -0.25) is 4.79 Å². The molecule has 0 aliphatic rings. The number of aromatic nitrogens is 1. The molecule has 0 unspecified atom stereocenters. The SMILES string of the molecule is O=C(COc1ccccc1)Nc1ccc(NCCc2ccc(F)cc2)nc1. The molecule has 6 heteroatoms. The molecule has 0 bridgehead atoms. The quantitative estimate of drug-likeness (QED) is 0.636. The summed E-state index contributed by atoms with van der Waals surface area (Å²) in [5.41, 5.74) is 1.65. The summed E-state index contributed by atoms with van der Waals surface area (Å²) >= 11 is 0. The van der Waals surface area contributed by atoms with Crippen molar-refractivity contribution in [1.29, 1.82) is 0 Å². The normalized spacial score (nSPS) is 10.3. The number of carbonyl (C=O) groups is 1. The van der Waals surface area contributed by atoms with Crippen LogP contribution in [0.4, 0.5) is 15.9 Å². The number of hydrogen-bond acceptors (Lipinski definition) is 4. The maximum Gasteiger partial charge on any atom is 0.262 e. The van der Waals surface area contributed by atoms with Crippen LogP contribution in [0.15, 0.2) is 72.9 Å². The number of nitrogens with one attached hydrogen (secondary N) is 2. The summed E-state index contributed by atoms with van der Waals surface area (Å²) in [6.07, 6.45) is 2.35. The Kier molecular flexibility index (Phi) is 6.35. The van der Waals surface area contributed by atoms with E-state index in [0.717, 1.165) is 12.0 Å². The summed E-state index contributed by atoms with van der Waals surface area (Å²) in [6, 6.07) is 19.2.